The maximum absolute atomic E-state index is 6.19. The van der Waals surface area contributed by atoms with Crippen LogP contribution in [0, 0.1) is 6.92 Å². The fourth-order valence-electron chi connectivity index (χ4n) is 2.61. The first kappa shape index (κ1) is 13.2. The van der Waals surface area contributed by atoms with Crippen LogP contribution in [0.2, 0.25) is 0 Å². The van der Waals surface area contributed by atoms with Crippen LogP contribution in [0.15, 0.2) is 0 Å². The number of rotatable bonds is 4. The van der Waals surface area contributed by atoms with Crippen LogP contribution < -0.4 is 10.6 Å². The maximum Gasteiger partial charge on any atom is 0.150 e. The number of nitrogens with two attached hydrogens (primary N) is 1. The third-order valence-corrected chi connectivity index (χ3v) is 3.59. The Morgan fingerprint density at radius 2 is 2.28 bits per heavy atom. The van der Waals surface area contributed by atoms with Gasteiger partial charge in [-0.05, 0) is 26.2 Å². The van der Waals surface area contributed by atoms with Gasteiger partial charge in [0.15, 0.2) is 5.82 Å². The van der Waals surface area contributed by atoms with Gasteiger partial charge in [0.05, 0.1) is 17.5 Å². The molecule has 5 heteroatoms. The van der Waals surface area contributed by atoms with Gasteiger partial charge in [-0.15, -0.1) is 0 Å². The van der Waals surface area contributed by atoms with Gasteiger partial charge in [0, 0.05) is 26.7 Å². The lowest BCUT2D eigenvalue weighted by atomic mass is 10.1. The van der Waals surface area contributed by atoms with Crippen molar-refractivity contribution in [2.45, 2.75) is 45.8 Å². The monoisotopic (exact) mass is 252 g/mol. The normalized spacial score (nSPS) is 20.4. The smallest absolute Gasteiger partial charge is 0.150 e. The Morgan fingerprint density at radius 3 is 2.94 bits per heavy atom. The Kier molecular flexibility index (Phi) is 4.11. The number of piperidine rings is 1. The summed E-state index contributed by atoms with van der Waals surface area (Å²) in [5.74, 6) is 1.08. The molecule has 0 aromatic carbocycles. The molecule has 1 aliphatic rings. The number of ether oxygens (including phenoxy) is 1. The minimum atomic E-state index is 0.309. The van der Waals surface area contributed by atoms with Crippen molar-refractivity contribution in [1.29, 1.82) is 0 Å². The van der Waals surface area contributed by atoms with Gasteiger partial charge >= 0.3 is 0 Å². The Bertz CT molecular complexity index is 402. The highest BCUT2D eigenvalue weighted by Gasteiger charge is 2.25. The zero-order chi connectivity index (χ0) is 13.1. The van der Waals surface area contributed by atoms with E-state index < -0.39 is 0 Å². The van der Waals surface area contributed by atoms with Crippen LogP contribution in [0.4, 0.5) is 11.5 Å². The second-order valence-electron chi connectivity index (χ2n) is 4.99. The summed E-state index contributed by atoms with van der Waals surface area (Å²) in [5, 5.41) is 4.54. The summed E-state index contributed by atoms with van der Waals surface area (Å²) >= 11 is 0. The number of methoxy groups -OCH3 is 1. The largest absolute Gasteiger partial charge is 0.394 e. The third-order valence-electron chi connectivity index (χ3n) is 3.59. The van der Waals surface area contributed by atoms with Crippen LogP contribution in [0.5, 0.6) is 0 Å². The number of nitrogen functional groups attached to an aromatic ring is 1. The van der Waals surface area contributed by atoms with Gasteiger partial charge in [0.25, 0.3) is 0 Å². The number of aromatic nitrogens is 2. The first-order chi connectivity index (χ1) is 8.67. The van der Waals surface area contributed by atoms with Crippen LogP contribution in [0.3, 0.4) is 0 Å². The molecule has 0 saturated carbocycles. The van der Waals surface area contributed by atoms with Gasteiger partial charge in [-0.25, -0.2) is 4.68 Å². The molecule has 1 saturated heterocycles. The molecule has 1 aromatic rings. The van der Waals surface area contributed by atoms with Crippen LogP contribution >= 0.6 is 0 Å². The molecule has 0 radical (unpaired) electrons. The van der Waals surface area contributed by atoms with Gasteiger partial charge in [-0.1, -0.05) is 6.92 Å². The average Bonchev–Trinajstić information content (AvgIpc) is 2.65. The SMILES string of the molecule is CCCn1nc(C)c(N)c1N1CCCC(OC)C1. The molecular weight excluding hydrogens is 228 g/mol. The molecule has 1 unspecified atom stereocenters. The summed E-state index contributed by atoms with van der Waals surface area (Å²) in [5.41, 5.74) is 7.93. The molecule has 1 atom stereocenters. The highest BCUT2D eigenvalue weighted by molar-refractivity contribution is 5.66. The average molecular weight is 252 g/mol. The Balaban J connectivity index is 2.25. The summed E-state index contributed by atoms with van der Waals surface area (Å²) in [4.78, 5) is 2.32. The topological polar surface area (TPSA) is 56.3 Å². The summed E-state index contributed by atoms with van der Waals surface area (Å²) < 4.78 is 7.52. The Hall–Kier alpha value is -1.23. The van der Waals surface area contributed by atoms with E-state index in [1.165, 1.54) is 0 Å². The van der Waals surface area contributed by atoms with Crippen molar-refractivity contribution in [3.63, 3.8) is 0 Å². The Labute approximate surface area is 109 Å². The summed E-state index contributed by atoms with van der Waals surface area (Å²) in [6.45, 7) is 7.00. The van der Waals surface area contributed by atoms with Gasteiger partial charge in [0.1, 0.15) is 0 Å². The molecule has 1 aromatic heterocycles. The molecule has 1 aliphatic heterocycles. The first-order valence-corrected chi connectivity index (χ1v) is 6.78. The summed E-state index contributed by atoms with van der Waals surface area (Å²) in [7, 11) is 1.78. The van der Waals surface area contributed by atoms with Crippen molar-refractivity contribution in [2.24, 2.45) is 0 Å². The second kappa shape index (κ2) is 5.61. The molecule has 2 rings (SSSR count). The summed E-state index contributed by atoms with van der Waals surface area (Å²) in [6.07, 6.45) is 3.65. The number of hydrogen-bond donors (Lipinski definition) is 1. The van der Waals surface area contributed by atoms with E-state index in [0.29, 0.717) is 6.10 Å². The molecule has 18 heavy (non-hydrogen) atoms. The van der Waals surface area contributed by atoms with Crippen LogP contribution in [0.25, 0.3) is 0 Å². The number of anilines is 2. The molecule has 0 amide bonds. The maximum atomic E-state index is 6.19. The van der Waals surface area contributed by atoms with Crippen molar-refractivity contribution in [3.05, 3.63) is 5.69 Å². The van der Waals surface area contributed by atoms with Gasteiger partial charge in [0.2, 0.25) is 0 Å². The van der Waals surface area contributed by atoms with E-state index in [1.54, 1.807) is 7.11 Å². The first-order valence-electron chi connectivity index (χ1n) is 6.78. The molecule has 0 aliphatic carbocycles. The molecule has 2 N–H and O–H groups in total. The highest BCUT2D eigenvalue weighted by Crippen LogP contribution is 2.29. The van der Waals surface area contributed by atoms with Crippen molar-refractivity contribution in [2.75, 3.05) is 30.8 Å². The fraction of sp³-hybridized carbons (Fsp3) is 0.769. The standard InChI is InChI=1S/C13H24N4O/c1-4-7-17-13(12(14)10(2)15-17)16-8-5-6-11(9-16)18-3/h11H,4-9,14H2,1-3H3. The quantitative estimate of drug-likeness (QED) is 0.887. The van der Waals surface area contributed by atoms with Crippen molar-refractivity contribution in [3.8, 4) is 0 Å². The zero-order valence-electron chi connectivity index (χ0n) is 11.6. The molecule has 2 heterocycles. The van der Waals surface area contributed by atoms with Crippen molar-refractivity contribution in [1.82, 2.24) is 9.78 Å². The van der Waals surface area contributed by atoms with Gasteiger partial charge in [-0.2, -0.15) is 5.10 Å². The Morgan fingerprint density at radius 1 is 1.50 bits per heavy atom. The van der Waals surface area contributed by atoms with E-state index in [2.05, 4.69) is 16.9 Å². The molecular formula is C13H24N4O. The third kappa shape index (κ3) is 2.46. The molecule has 0 bridgehead atoms. The molecule has 102 valence electrons. The van der Waals surface area contributed by atoms with Gasteiger partial charge in [-0.3, -0.25) is 0 Å². The van der Waals surface area contributed by atoms with Crippen LogP contribution in [-0.4, -0.2) is 36.1 Å². The number of hydrogen-bond acceptors (Lipinski definition) is 4. The molecule has 0 spiro atoms. The lowest BCUT2D eigenvalue weighted by Gasteiger charge is -2.34. The van der Waals surface area contributed by atoms with E-state index in [9.17, 15) is 0 Å². The van der Waals surface area contributed by atoms with E-state index in [0.717, 1.165) is 56.1 Å². The highest BCUT2D eigenvalue weighted by atomic mass is 16.5. The van der Waals surface area contributed by atoms with E-state index in [-0.39, 0.29) is 0 Å². The van der Waals surface area contributed by atoms with Crippen molar-refractivity contribution >= 4 is 11.5 Å². The van der Waals surface area contributed by atoms with Crippen LogP contribution in [-0.2, 0) is 11.3 Å². The van der Waals surface area contributed by atoms with E-state index in [1.807, 2.05) is 11.6 Å². The predicted octanol–water partition coefficient (Wildman–Crippen LogP) is 1.80. The molecule has 1 fully saturated rings. The molecule has 5 nitrogen and oxygen atoms in total. The summed E-state index contributed by atoms with van der Waals surface area (Å²) in [6, 6.07) is 0. The zero-order valence-corrected chi connectivity index (χ0v) is 11.6. The van der Waals surface area contributed by atoms with Gasteiger partial charge < -0.3 is 15.4 Å². The number of aryl methyl sites for hydroxylation is 2. The van der Waals surface area contributed by atoms with E-state index in [4.69, 9.17) is 10.5 Å². The van der Waals surface area contributed by atoms with E-state index >= 15 is 0 Å². The minimum Gasteiger partial charge on any atom is -0.394 e. The minimum absolute atomic E-state index is 0.309. The fourth-order valence-corrected chi connectivity index (χ4v) is 2.61. The lowest BCUT2D eigenvalue weighted by Crippen LogP contribution is -2.40. The second-order valence-corrected chi connectivity index (χ2v) is 4.99. The number of nitrogens with zero attached hydrogens (tertiary/aromatic N) is 3. The van der Waals surface area contributed by atoms with Crippen molar-refractivity contribution < 1.29 is 4.74 Å². The predicted molar refractivity (Wildman–Crippen MR) is 73.9 cm³/mol. The van der Waals surface area contributed by atoms with Crippen LogP contribution in [0.1, 0.15) is 31.9 Å². The lowest BCUT2D eigenvalue weighted by molar-refractivity contribution is 0.0889.